The molecule has 4 N–H and O–H groups in total. The number of hydrogen-bond donors (Lipinski definition) is 2. The highest BCUT2D eigenvalue weighted by atomic mass is 16.1. The summed E-state index contributed by atoms with van der Waals surface area (Å²) in [5.41, 5.74) is 13.1. The van der Waals surface area contributed by atoms with E-state index in [9.17, 15) is 4.79 Å². The van der Waals surface area contributed by atoms with Crippen LogP contribution in [0, 0.1) is 12.8 Å². The summed E-state index contributed by atoms with van der Waals surface area (Å²) in [6.07, 6.45) is 2.83. The number of hydrogen-bond acceptors (Lipinski definition) is 4. The van der Waals surface area contributed by atoms with Crippen LogP contribution >= 0.6 is 0 Å². The normalized spacial score (nSPS) is 19.7. The smallest absolute Gasteiger partial charge is 0.222 e. The quantitative estimate of drug-likeness (QED) is 0.845. The zero-order valence-corrected chi connectivity index (χ0v) is 11.7. The number of aromatic nitrogens is 2. The van der Waals surface area contributed by atoms with Gasteiger partial charge in [-0.25, -0.2) is 4.68 Å². The molecule has 1 saturated heterocycles. The second-order valence-corrected chi connectivity index (χ2v) is 5.23. The van der Waals surface area contributed by atoms with E-state index in [-0.39, 0.29) is 11.8 Å². The fraction of sp³-hybridized carbons (Fsp3) is 0.692. The summed E-state index contributed by atoms with van der Waals surface area (Å²) in [6.45, 7) is 6.42. The van der Waals surface area contributed by atoms with Crippen molar-refractivity contribution < 1.29 is 4.79 Å². The summed E-state index contributed by atoms with van der Waals surface area (Å²) in [5, 5.41) is 4.48. The number of nitrogens with two attached hydrogens (primary N) is 2. The van der Waals surface area contributed by atoms with Gasteiger partial charge in [-0.1, -0.05) is 6.92 Å². The van der Waals surface area contributed by atoms with Crippen LogP contribution < -0.4 is 16.4 Å². The van der Waals surface area contributed by atoms with Crippen LogP contribution in [0.4, 0.5) is 11.5 Å². The Kier molecular flexibility index (Phi) is 3.97. The van der Waals surface area contributed by atoms with Crippen molar-refractivity contribution in [2.75, 3.05) is 23.7 Å². The first-order chi connectivity index (χ1) is 9.04. The Morgan fingerprint density at radius 3 is 2.89 bits per heavy atom. The minimum atomic E-state index is -0.221. The van der Waals surface area contributed by atoms with E-state index in [1.54, 1.807) is 0 Å². The summed E-state index contributed by atoms with van der Waals surface area (Å²) in [4.78, 5) is 13.5. The van der Waals surface area contributed by atoms with Crippen molar-refractivity contribution in [1.82, 2.24) is 9.78 Å². The maximum Gasteiger partial charge on any atom is 0.222 e. The van der Waals surface area contributed by atoms with E-state index in [0.29, 0.717) is 6.54 Å². The lowest BCUT2D eigenvalue weighted by Crippen LogP contribution is -2.42. The Balaban J connectivity index is 2.27. The Morgan fingerprint density at radius 2 is 2.26 bits per heavy atom. The molecule has 6 heteroatoms. The Labute approximate surface area is 113 Å². The fourth-order valence-corrected chi connectivity index (χ4v) is 2.69. The predicted molar refractivity (Wildman–Crippen MR) is 75.8 cm³/mol. The number of rotatable bonds is 4. The molecule has 1 amide bonds. The van der Waals surface area contributed by atoms with Crippen LogP contribution in [-0.4, -0.2) is 28.8 Å². The van der Waals surface area contributed by atoms with E-state index in [1.165, 1.54) is 0 Å². The molecule has 19 heavy (non-hydrogen) atoms. The number of carbonyl (C=O) groups excluding carboxylic acids is 1. The van der Waals surface area contributed by atoms with Crippen molar-refractivity contribution in [3.05, 3.63) is 5.69 Å². The summed E-state index contributed by atoms with van der Waals surface area (Å²) in [7, 11) is 0. The van der Waals surface area contributed by atoms with Gasteiger partial charge in [0.05, 0.1) is 17.3 Å². The maximum atomic E-state index is 11.4. The highest BCUT2D eigenvalue weighted by Crippen LogP contribution is 2.30. The first-order valence-electron chi connectivity index (χ1n) is 6.91. The third-order valence-corrected chi connectivity index (χ3v) is 3.70. The molecule has 2 heterocycles. The minimum Gasteiger partial charge on any atom is -0.394 e. The highest BCUT2D eigenvalue weighted by Gasteiger charge is 2.27. The van der Waals surface area contributed by atoms with Gasteiger partial charge in [-0.05, 0) is 26.2 Å². The van der Waals surface area contributed by atoms with Gasteiger partial charge >= 0.3 is 0 Å². The van der Waals surface area contributed by atoms with Crippen LogP contribution in [0.3, 0.4) is 0 Å². The zero-order valence-electron chi connectivity index (χ0n) is 11.7. The average Bonchev–Trinajstić information content (AvgIpc) is 2.65. The molecule has 1 fully saturated rings. The first-order valence-corrected chi connectivity index (χ1v) is 6.91. The summed E-state index contributed by atoms with van der Waals surface area (Å²) in [6, 6.07) is 0. The van der Waals surface area contributed by atoms with Crippen molar-refractivity contribution in [2.24, 2.45) is 11.7 Å². The molecule has 106 valence electrons. The van der Waals surface area contributed by atoms with Gasteiger partial charge in [0.25, 0.3) is 0 Å². The molecule has 0 spiro atoms. The molecule has 1 aliphatic heterocycles. The van der Waals surface area contributed by atoms with Gasteiger partial charge in [0.15, 0.2) is 5.82 Å². The molecule has 0 aliphatic carbocycles. The number of carbonyl (C=O) groups is 1. The molecule has 1 aromatic rings. The van der Waals surface area contributed by atoms with Gasteiger partial charge < -0.3 is 16.4 Å². The summed E-state index contributed by atoms with van der Waals surface area (Å²) < 4.78 is 1.95. The van der Waals surface area contributed by atoms with Crippen molar-refractivity contribution in [3.63, 3.8) is 0 Å². The van der Waals surface area contributed by atoms with Gasteiger partial charge in [-0.2, -0.15) is 5.10 Å². The van der Waals surface area contributed by atoms with Crippen molar-refractivity contribution >= 4 is 17.4 Å². The van der Waals surface area contributed by atoms with E-state index in [1.807, 2.05) is 11.6 Å². The summed E-state index contributed by atoms with van der Waals surface area (Å²) >= 11 is 0. The third-order valence-electron chi connectivity index (χ3n) is 3.70. The second-order valence-electron chi connectivity index (χ2n) is 5.23. The monoisotopic (exact) mass is 265 g/mol. The van der Waals surface area contributed by atoms with E-state index >= 15 is 0 Å². The second kappa shape index (κ2) is 5.50. The highest BCUT2D eigenvalue weighted by molar-refractivity contribution is 5.78. The number of amides is 1. The topological polar surface area (TPSA) is 90.2 Å². The number of nitrogens with zero attached hydrogens (tertiary/aromatic N) is 3. The lowest BCUT2D eigenvalue weighted by Gasteiger charge is -2.33. The lowest BCUT2D eigenvalue weighted by atomic mass is 9.97. The molecule has 2 rings (SSSR count). The molecule has 1 unspecified atom stereocenters. The summed E-state index contributed by atoms with van der Waals surface area (Å²) in [5.74, 6) is 0.644. The van der Waals surface area contributed by atoms with Crippen LogP contribution in [0.2, 0.25) is 0 Å². The molecule has 6 nitrogen and oxygen atoms in total. The number of nitrogen functional groups attached to an aromatic ring is 1. The predicted octanol–water partition coefficient (Wildman–Crippen LogP) is 0.885. The standard InChI is InChI=1S/C13H23N5O/c1-3-6-18-13(11(14)9(2)16-18)17-7-4-5-10(8-17)12(15)19/h10H,3-8,14H2,1-2H3,(H2,15,19). The lowest BCUT2D eigenvalue weighted by molar-refractivity contribution is -0.122. The van der Waals surface area contributed by atoms with E-state index in [0.717, 1.165) is 49.6 Å². The van der Waals surface area contributed by atoms with Crippen molar-refractivity contribution in [3.8, 4) is 0 Å². The molecule has 1 aromatic heterocycles. The minimum absolute atomic E-state index is 0.0848. The van der Waals surface area contributed by atoms with Gasteiger partial charge in [0.2, 0.25) is 5.91 Å². The van der Waals surface area contributed by atoms with E-state index in [4.69, 9.17) is 11.5 Å². The molecule has 1 atom stereocenters. The number of anilines is 2. The van der Waals surface area contributed by atoms with Crippen LogP contribution in [0.15, 0.2) is 0 Å². The van der Waals surface area contributed by atoms with Crippen molar-refractivity contribution in [2.45, 2.75) is 39.7 Å². The van der Waals surface area contributed by atoms with Crippen LogP contribution in [0.5, 0.6) is 0 Å². The molecule has 1 aliphatic rings. The van der Waals surface area contributed by atoms with Gasteiger partial charge in [-0.3, -0.25) is 4.79 Å². The Morgan fingerprint density at radius 1 is 1.53 bits per heavy atom. The molecule has 0 bridgehead atoms. The van der Waals surface area contributed by atoms with Crippen LogP contribution in [0.1, 0.15) is 31.9 Å². The van der Waals surface area contributed by atoms with Gasteiger partial charge in [-0.15, -0.1) is 0 Å². The maximum absolute atomic E-state index is 11.4. The Hall–Kier alpha value is -1.72. The SMILES string of the molecule is CCCn1nc(C)c(N)c1N1CCCC(C(N)=O)C1. The van der Waals surface area contributed by atoms with E-state index in [2.05, 4.69) is 16.9 Å². The fourth-order valence-electron chi connectivity index (χ4n) is 2.69. The molecular formula is C13H23N5O. The Bertz CT molecular complexity index is 468. The first kappa shape index (κ1) is 13.7. The zero-order chi connectivity index (χ0) is 14.0. The number of piperidine rings is 1. The molecule has 0 aromatic carbocycles. The van der Waals surface area contributed by atoms with Gasteiger partial charge in [0.1, 0.15) is 0 Å². The third kappa shape index (κ3) is 2.67. The number of primary amides is 1. The van der Waals surface area contributed by atoms with Crippen LogP contribution in [-0.2, 0) is 11.3 Å². The van der Waals surface area contributed by atoms with E-state index < -0.39 is 0 Å². The van der Waals surface area contributed by atoms with Crippen molar-refractivity contribution in [1.29, 1.82) is 0 Å². The number of aryl methyl sites for hydroxylation is 2. The largest absolute Gasteiger partial charge is 0.394 e. The van der Waals surface area contributed by atoms with Crippen LogP contribution in [0.25, 0.3) is 0 Å². The van der Waals surface area contributed by atoms with Gasteiger partial charge in [0, 0.05) is 19.6 Å². The molecular weight excluding hydrogens is 242 g/mol. The molecule has 0 radical (unpaired) electrons. The average molecular weight is 265 g/mol. The molecule has 0 saturated carbocycles.